The molecule has 0 aliphatic carbocycles. The summed E-state index contributed by atoms with van der Waals surface area (Å²) in [6.07, 6.45) is 2.55. The smallest absolute Gasteiger partial charge is 0.203 e. The van der Waals surface area contributed by atoms with Gasteiger partial charge in [0.05, 0.1) is 11.0 Å². The molecule has 1 aromatic heterocycles. The van der Waals surface area contributed by atoms with Crippen molar-refractivity contribution in [2.45, 2.75) is 19.8 Å². The van der Waals surface area contributed by atoms with E-state index in [1.807, 2.05) is 12.1 Å². The summed E-state index contributed by atoms with van der Waals surface area (Å²) in [7, 11) is 0. The molecular formula is C13H17N3. The zero-order valence-corrected chi connectivity index (χ0v) is 9.61. The molecule has 1 fully saturated rings. The minimum atomic E-state index is 0.862. The van der Waals surface area contributed by atoms with Gasteiger partial charge in [-0.3, -0.25) is 0 Å². The lowest BCUT2D eigenvalue weighted by Gasteiger charge is -2.29. The van der Waals surface area contributed by atoms with Gasteiger partial charge in [0, 0.05) is 13.1 Å². The maximum atomic E-state index is 4.63. The molecule has 0 unspecified atom stereocenters. The fourth-order valence-corrected chi connectivity index (χ4v) is 2.31. The first kappa shape index (κ1) is 9.70. The van der Waals surface area contributed by atoms with Crippen LogP contribution in [0.4, 0.5) is 5.95 Å². The zero-order chi connectivity index (χ0) is 11.0. The minimum absolute atomic E-state index is 0.862. The van der Waals surface area contributed by atoms with Crippen molar-refractivity contribution in [3.05, 3.63) is 24.3 Å². The molecule has 3 nitrogen and oxygen atoms in total. The Bertz CT molecular complexity index is 448. The normalized spacial score (nSPS) is 18.2. The Balaban J connectivity index is 1.88. The maximum Gasteiger partial charge on any atom is 0.203 e. The van der Waals surface area contributed by atoms with Crippen LogP contribution in [0.25, 0.3) is 11.0 Å². The van der Waals surface area contributed by atoms with Crippen molar-refractivity contribution in [3.8, 4) is 0 Å². The second-order valence-electron chi connectivity index (χ2n) is 4.75. The Morgan fingerprint density at radius 3 is 2.75 bits per heavy atom. The van der Waals surface area contributed by atoms with Crippen LogP contribution in [0.5, 0.6) is 0 Å². The zero-order valence-electron chi connectivity index (χ0n) is 9.61. The standard InChI is InChI=1S/C13H17N3/c1-10-6-8-16(9-7-10)13-14-11-4-2-3-5-12(11)15-13/h2-5,10H,6-9H2,1H3,(H,14,15). The van der Waals surface area contributed by atoms with Gasteiger partial charge in [-0.05, 0) is 30.9 Å². The van der Waals surface area contributed by atoms with Gasteiger partial charge in [-0.1, -0.05) is 19.1 Å². The molecule has 3 heteroatoms. The number of hydrogen-bond acceptors (Lipinski definition) is 2. The summed E-state index contributed by atoms with van der Waals surface area (Å²) in [5.74, 6) is 1.90. The predicted molar refractivity (Wildman–Crippen MR) is 66.7 cm³/mol. The SMILES string of the molecule is CC1CCN(c2nc3ccccc3[nH]2)CC1. The number of nitrogens with zero attached hydrogens (tertiary/aromatic N) is 2. The lowest BCUT2D eigenvalue weighted by atomic mass is 10.00. The molecule has 0 spiro atoms. The van der Waals surface area contributed by atoms with Crippen LogP contribution in [0, 0.1) is 5.92 Å². The Morgan fingerprint density at radius 2 is 2.00 bits per heavy atom. The molecule has 1 aliphatic rings. The van der Waals surface area contributed by atoms with E-state index in [0.717, 1.165) is 36.0 Å². The van der Waals surface area contributed by atoms with Crippen molar-refractivity contribution in [2.24, 2.45) is 5.92 Å². The number of imidazole rings is 1. The summed E-state index contributed by atoms with van der Waals surface area (Å²) in [6.45, 7) is 4.58. The first-order chi connectivity index (χ1) is 7.83. The number of rotatable bonds is 1. The Hall–Kier alpha value is -1.51. The predicted octanol–water partition coefficient (Wildman–Crippen LogP) is 2.80. The molecule has 0 radical (unpaired) electrons. The van der Waals surface area contributed by atoms with Gasteiger partial charge in [0.1, 0.15) is 0 Å². The van der Waals surface area contributed by atoms with E-state index in [4.69, 9.17) is 0 Å². The molecule has 1 saturated heterocycles. The third-order valence-corrected chi connectivity index (χ3v) is 3.46. The van der Waals surface area contributed by atoms with Crippen LogP contribution in [0.1, 0.15) is 19.8 Å². The summed E-state index contributed by atoms with van der Waals surface area (Å²) < 4.78 is 0. The summed E-state index contributed by atoms with van der Waals surface area (Å²) in [6, 6.07) is 8.22. The van der Waals surface area contributed by atoms with E-state index in [0.29, 0.717) is 0 Å². The number of benzene rings is 1. The molecule has 2 aromatic rings. The van der Waals surface area contributed by atoms with Crippen molar-refractivity contribution in [3.63, 3.8) is 0 Å². The number of H-pyrrole nitrogens is 1. The molecular weight excluding hydrogens is 198 g/mol. The third kappa shape index (κ3) is 1.66. The third-order valence-electron chi connectivity index (χ3n) is 3.46. The first-order valence-electron chi connectivity index (χ1n) is 6.02. The van der Waals surface area contributed by atoms with Crippen LogP contribution in [0.15, 0.2) is 24.3 Å². The Labute approximate surface area is 95.5 Å². The molecule has 0 saturated carbocycles. The largest absolute Gasteiger partial charge is 0.342 e. The van der Waals surface area contributed by atoms with Gasteiger partial charge in [-0.15, -0.1) is 0 Å². The average molecular weight is 215 g/mol. The van der Waals surface area contributed by atoms with Crippen LogP contribution in [0.3, 0.4) is 0 Å². The number of hydrogen-bond donors (Lipinski definition) is 1. The van der Waals surface area contributed by atoms with Crippen LogP contribution in [-0.4, -0.2) is 23.1 Å². The van der Waals surface area contributed by atoms with E-state index < -0.39 is 0 Å². The second-order valence-corrected chi connectivity index (χ2v) is 4.75. The highest BCUT2D eigenvalue weighted by atomic mass is 15.3. The number of nitrogens with one attached hydrogen (secondary N) is 1. The minimum Gasteiger partial charge on any atom is -0.342 e. The van der Waals surface area contributed by atoms with Gasteiger partial charge in [0.2, 0.25) is 5.95 Å². The van der Waals surface area contributed by atoms with Crippen molar-refractivity contribution < 1.29 is 0 Å². The molecule has 1 N–H and O–H groups in total. The molecule has 3 rings (SSSR count). The number of fused-ring (bicyclic) bond motifs is 1. The van der Waals surface area contributed by atoms with Crippen LogP contribution in [-0.2, 0) is 0 Å². The summed E-state index contributed by atoms with van der Waals surface area (Å²) in [5, 5.41) is 0. The highest BCUT2D eigenvalue weighted by Gasteiger charge is 2.18. The van der Waals surface area contributed by atoms with Gasteiger partial charge in [-0.2, -0.15) is 0 Å². The van der Waals surface area contributed by atoms with Gasteiger partial charge in [0.25, 0.3) is 0 Å². The van der Waals surface area contributed by atoms with Crippen LogP contribution in [0.2, 0.25) is 0 Å². The van der Waals surface area contributed by atoms with Gasteiger partial charge in [0.15, 0.2) is 0 Å². The van der Waals surface area contributed by atoms with E-state index in [2.05, 4.69) is 33.9 Å². The number of anilines is 1. The van der Waals surface area contributed by atoms with Crippen LogP contribution >= 0.6 is 0 Å². The van der Waals surface area contributed by atoms with Crippen molar-refractivity contribution >= 4 is 17.0 Å². The van der Waals surface area contributed by atoms with E-state index in [1.165, 1.54) is 12.8 Å². The molecule has 1 aliphatic heterocycles. The van der Waals surface area contributed by atoms with Crippen LogP contribution < -0.4 is 4.90 Å². The van der Waals surface area contributed by atoms with Crippen molar-refractivity contribution in [1.82, 2.24) is 9.97 Å². The van der Waals surface area contributed by atoms with Gasteiger partial charge >= 0.3 is 0 Å². The average Bonchev–Trinajstić information content (AvgIpc) is 2.73. The Morgan fingerprint density at radius 1 is 1.25 bits per heavy atom. The monoisotopic (exact) mass is 215 g/mol. The molecule has 0 atom stereocenters. The maximum absolute atomic E-state index is 4.63. The van der Waals surface area contributed by atoms with Crippen molar-refractivity contribution in [2.75, 3.05) is 18.0 Å². The first-order valence-corrected chi connectivity index (χ1v) is 6.02. The molecule has 2 heterocycles. The Kier molecular flexibility index (Phi) is 2.31. The molecule has 84 valence electrons. The van der Waals surface area contributed by atoms with E-state index >= 15 is 0 Å². The lowest BCUT2D eigenvalue weighted by Crippen LogP contribution is -2.33. The van der Waals surface area contributed by atoms with E-state index in [1.54, 1.807) is 0 Å². The molecule has 1 aromatic carbocycles. The molecule has 0 amide bonds. The fraction of sp³-hybridized carbons (Fsp3) is 0.462. The van der Waals surface area contributed by atoms with Crippen molar-refractivity contribution in [1.29, 1.82) is 0 Å². The highest BCUT2D eigenvalue weighted by Crippen LogP contribution is 2.22. The van der Waals surface area contributed by atoms with Gasteiger partial charge < -0.3 is 9.88 Å². The number of aromatic nitrogens is 2. The fourth-order valence-electron chi connectivity index (χ4n) is 2.31. The summed E-state index contributed by atoms with van der Waals surface area (Å²) >= 11 is 0. The quantitative estimate of drug-likeness (QED) is 0.793. The van der Waals surface area contributed by atoms with Gasteiger partial charge in [-0.25, -0.2) is 4.98 Å². The van der Waals surface area contributed by atoms with E-state index in [-0.39, 0.29) is 0 Å². The topological polar surface area (TPSA) is 31.9 Å². The second kappa shape index (κ2) is 3.81. The molecule has 16 heavy (non-hydrogen) atoms. The summed E-state index contributed by atoms with van der Waals surface area (Å²) in [4.78, 5) is 10.4. The highest BCUT2D eigenvalue weighted by molar-refractivity contribution is 5.77. The molecule has 0 bridgehead atoms. The number of piperidine rings is 1. The summed E-state index contributed by atoms with van der Waals surface area (Å²) in [5.41, 5.74) is 2.20. The van der Waals surface area contributed by atoms with E-state index in [9.17, 15) is 0 Å². The number of para-hydroxylation sites is 2. The lowest BCUT2D eigenvalue weighted by molar-refractivity contribution is 0.435. The number of aromatic amines is 1.